The van der Waals surface area contributed by atoms with Crippen LogP contribution >= 0.6 is 0 Å². The largest absolute Gasteiger partial charge is 0.396 e. The van der Waals surface area contributed by atoms with Crippen molar-refractivity contribution < 1.29 is 5.11 Å². The minimum absolute atomic E-state index is 0.251. The molecule has 16 heavy (non-hydrogen) atoms. The van der Waals surface area contributed by atoms with E-state index in [1.54, 1.807) is 0 Å². The molecule has 1 saturated heterocycles. The first-order chi connectivity index (χ1) is 7.55. The topological polar surface area (TPSA) is 23.5 Å². The van der Waals surface area contributed by atoms with E-state index in [2.05, 4.69) is 18.7 Å². The minimum Gasteiger partial charge on any atom is -0.396 e. The van der Waals surface area contributed by atoms with Crippen LogP contribution < -0.4 is 0 Å². The van der Waals surface area contributed by atoms with Gasteiger partial charge in [-0.3, -0.25) is 0 Å². The molecule has 1 saturated carbocycles. The summed E-state index contributed by atoms with van der Waals surface area (Å²) < 4.78 is 0. The number of hydrogen-bond acceptors (Lipinski definition) is 2. The Kier molecular flexibility index (Phi) is 3.60. The van der Waals surface area contributed by atoms with E-state index >= 15 is 0 Å². The van der Waals surface area contributed by atoms with Gasteiger partial charge in [-0.2, -0.15) is 0 Å². The summed E-state index contributed by atoms with van der Waals surface area (Å²) in [5, 5.41) is 9.62. The van der Waals surface area contributed by atoms with Crippen molar-refractivity contribution in [2.45, 2.75) is 52.4 Å². The molecule has 0 aromatic heterocycles. The summed E-state index contributed by atoms with van der Waals surface area (Å²) in [7, 11) is 0. The highest BCUT2D eigenvalue weighted by Crippen LogP contribution is 2.39. The van der Waals surface area contributed by atoms with E-state index in [9.17, 15) is 5.11 Å². The third-order valence-corrected chi connectivity index (χ3v) is 4.77. The highest BCUT2D eigenvalue weighted by Gasteiger charge is 2.36. The van der Waals surface area contributed by atoms with Crippen molar-refractivity contribution in [1.29, 1.82) is 0 Å². The fourth-order valence-electron chi connectivity index (χ4n) is 3.28. The molecular formula is C14H27NO. The molecule has 2 heteroatoms. The van der Waals surface area contributed by atoms with Crippen LogP contribution in [0.25, 0.3) is 0 Å². The Morgan fingerprint density at radius 3 is 2.06 bits per heavy atom. The molecule has 0 aromatic rings. The molecular weight excluding hydrogens is 198 g/mol. The Morgan fingerprint density at radius 1 is 1.00 bits per heavy atom. The standard InChI is InChI=1S/C14H27NO/c1-13(2)7-9-15(10-8-13)11-14(12-16)5-3-4-6-14/h16H,3-12H2,1-2H3. The van der Waals surface area contributed by atoms with Crippen molar-refractivity contribution in [2.75, 3.05) is 26.2 Å². The number of aliphatic hydroxyl groups excluding tert-OH is 1. The molecule has 1 N–H and O–H groups in total. The molecule has 0 radical (unpaired) electrons. The van der Waals surface area contributed by atoms with Crippen molar-refractivity contribution >= 4 is 0 Å². The van der Waals surface area contributed by atoms with Crippen LogP contribution in [0.2, 0.25) is 0 Å². The second kappa shape index (κ2) is 4.66. The summed E-state index contributed by atoms with van der Waals surface area (Å²) in [5.41, 5.74) is 0.792. The van der Waals surface area contributed by atoms with Gasteiger partial charge in [0.1, 0.15) is 0 Å². The molecule has 0 aromatic carbocycles. The van der Waals surface area contributed by atoms with Crippen LogP contribution in [0.3, 0.4) is 0 Å². The van der Waals surface area contributed by atoms with Crippen molar-refractivity contribution in [3.8, 4) is 0 Å². The molecule has 1 heterocycles. The highest BCUT2D eigenvalue weighted by atomic mass is 16.3. The third kappa shape index (κ3) is 2.78. The van der Waals surface area contributed by atoms with E-state index in [0.717, 1.165) is 6.54 Å². The smallest absolute Gasteiger partial charge is 0.0499 e. The van der Waals surface area contributed by atoms with Gasteiger partial charge in [0.05, 0.1) is 0 Å². The SMILES string of the molecule is CC1(C)CCN(CC2(CO)CCCC2)CC1. The predicted molar refractivity (Wildman–Crippen MR) is 67.4 cm³/mol. The average molecular weight is 225 g/mol. The van der Waals surface area contributed by atoms with Crippen LogP contribution in [0.15, 0.2) is 0 Å². The van der Waals surface area contributed by atoms with Gasteiger partial charge >= 0.3 is 0 Å². The lowest BCUT2D eigenvalue weighted by Gasteiger charge is -2.41. The lowest BCUT2D eigenvalue weighted by Crippen LogP contribution is -2.44. The first-order valence-electron chi connectivity index (χ1n) is 6.89. The number of piperidine rings is 1. The maximum Gasteiger partial charge on any atom is 0.0499 e. The Hall–Kier alpha value is -0.0800. The van der Waals surface area contributed by atoms with E-state index in [1.807, 2.05) is 0 Å². The minimum atomic E-state index is 0.251. The normalized spacial score (nSPS) is 29.4. The monoisotopic (exact) mass is 225 g/mol. The summed E-state index contributed by atoms with van der Waals surface area (Å²) >= 11 is 0. The van der Waals surface area contributed by atoms with Crippen LogP contribution in [0.5, 0.6) is 0 Å². The Balaban J connectivity index is 1.86. The molecule has 2 fully saturated rings. The molecule has 94 valence electrons. The van der Waals surface area contributed by atoms with E-state index in [-0.39, 0.29) is 5.41 Å². The van der Waals surface area contributed by atoms with E-state index < -0.39 is 0 Å². The van der Waals surface area contributed by atoms with Crippen LogP contribution in [-0.4, -0.2) is 36.2 Å². The third-order valence-electron chi connectivity index (χ3n) is 4.77. The van der Waals surface area contributed by atoms with Gasteiger partial charge in [-0.15, -0.1) is 0 Å². The summed E-state index contributed by atoms with van der Waals surface area (Å²) in [5.74, 6) is 0. The van der Waals surface area contributed by atoms with Gasteiger partial charge in [0.25, 0.3) is 0 Å². The quantitative estimate of drug-likeness (QED) is 0.798. The second-order valence-electron chi connectivity index (χ2n) is 6.81. The summed E-state index contributed by atoms with van der Waals surface area (Å²) in [6, 6.07) is 0. The number of rotatable bonds is 3. The molecule has 2 rings (SSSR count). The molecule has 0 bridgehead atoms. The van der Waals surface area contributed by atoms with E-state index in [1.165, 1.54) is 51.6 Å². The number of nitrogens with zero attached hydrogens (tertiary/aromatic N) is 1. The van der Waals surface area contributed by atoms with Crippen LogP contribution in [0.4, 0.5) is 0 Å². The Morgan fingerprint density at radius 2 is 1.56 bits per heavy atom. The summed E-state index contributed by atoms with van der Waals surface area (Å²) in [6.45, 7) is 8.75. The van der Waals surface area contributed by atoms with Gasteiger partial charge in [-0.25, -0.2) is 0 Å². The molecule has 2 nitrogen and oxygen atoms in total. The second-order valence-corrected chi connectivity index (χ2v) is 6.81. The lowest BCUT2D eigenvalue weighted by atomic mass is 9.80. The molecule has 0 unspecified atom stereocenters. The van der Waals surface area contributed by atoms with Gasteiger partial charge < -0.3 is 10.0 Å². The number of hydrogen-bond donors (Lipinski definition) is 1. The van der Waals surface area contributed by atoms with Crippen molar-refractivity contribution in [3.05, 3.63) is 0 Å². The Bertz CT molecular complexity index is 221. The highest BCUT2D eigenvalue weighted by molar-refractivity contribution is 4.89. The van der Waals surface area contributed by atoms with Gasteiger partial charge in [0, 0.05) is 18.6 Å². The van der Waals surface area contributed by atoms with Crippen LogP contribution in [0.1, 0.15) is 52.4 Å². The molecule has 2 aliphatic rings. The van der Waals surface area contributed by atoms with Crippen molar-refractivity contribution in [3.63, 3.8) is 0 Å². The molecule has 1 aliphatic carbocycles. The van der Waals surface area contributed by atoms with Gasteiger partial charge in [0.2, 0.25) is 0 Å². The average Bonchev–Trinajstić information content (AvgIpc) is 2.71. The van der Waals surface area contributed by atoms with Crippen LogP contribution in [-0.2, 0) is 0 Å². The number of aliphatic hydroxyl groups is 1. The number of likely N-dealkylation sites (tertiary alicyclic amines) is 1. The maximum atomic E-state index is 9.62. The van der Waals surface area contributed by atoms with Crippen LogP contribution in [0, 0.1) is 10.8 Å². The van der Waals surface area contributed by atoms with E-state index in [0.29, 0.717) is 12.0 Å². The lowest BCUT2D eigenvalue weighted by molar-refractivity contribution is 0.0475. The summed E-state index contributed by atoms with van der Waals surface area (Å²) in [4.78, 5) is 2.59. The molecule has 0 amide bonds. The molecule has 0 spiro atoms. The zero-order chi connectivity index (χ0) is 11.6. The summed E-state index contributed by atoms with van der Waals surface area (Å²) in [6.07, 6.45) is 7.75. The van der Waals surface area contributed by atoms with Gasteiger partial charge in [-0.1, -0.05) is 26.7 Å². The van der Waals surface area contributed by atoms with Gasteiger partial charge in [0.15, 0.2) is 0 Å². The first kappa shape index (κ1) is 12.4. The van der Waals surface area contributed by atoms with Crippen molar-refractivity contribution in [2.24, 2.45) is 10.8 Å². The van der Waals surface area contributed by atoms with E-state index in [4.69, 9.17) is 0 Å². The molecule has 0 atom stereocenters. The van der Waals surface area contributed by atoms with Crippen molar-refractivity contribution in [1.82, 2.24) is 4.90 Å². The zero-order valence-corrected chi connectivity index (χ0v) is 11.0. The zero-order valence-electron chi connectivity index (χ0n) is 11.0. The Labute approximate surface area is 100 Å². The predicted octanol–water partition coefficient (Wildman–Crippen LogP) is 2.66. The fraction of sp³-hybridized carbons (Fsp3) is 1.00. The maximum absolute atomic E-state index is 9.62. The fourth-order valence-corrected chi connectivity index (χ4v) is 3.28. The first-order valence-corrected chi connectivity index (χ1v) is 6.89. The van der Waals surface area contributed by atoms with Gasteiger partial charge in [-0.05, 0) is 44.2 Å². The molecule has 1 aliphatic heterocycles.